The Morgan fingerprint density at radius 2 is 1.87 bits per heavy atom. The fraction of sp³-hybridized carbons (Fsp3) is 0.562. The number of hydrogen-bond acceptors (Lipinski definition) is 5. The number of carbonyl (C=O) groups excluding carboxylic acids is 2. The highest BCUT2D eigenvalue weighted by molar-refractivity contribution is 6.35. The van der Waals surface area contributed by atoms with E-state index in [1.54, 1.807) is 19.5 Å². The summed E-state index contributed by atoms with van der Waals surface area (Å²) in [5, 5.41) is 5.22. The Balaban J connectivity index is 1.66. The predicted octanol–water partition coefficient (Wildman–Crippen LogP) is 0.177. The molecule has 0 bridgehead atoms. The summed E-state index contributed by atoms with van der Waals surface area (Å²) in [7, 11) is 1.55. The van der Waals surface area contributed by atoms with Gasteiger partial charge < -0.3 is 20.3 Å². The zero-order valence-corrected chi connectivity index (χ0v) is 13.5. The van der Waals surface area contributed by atoms with Gasteiger partial charge in [0.05, 0.1) is 6.61 Å². The predicted molar refractivity (Wildman–Crippen MR) is 87.1 cm³/mol. The first-order chi connectivity index (χ1) is 11.2. The van der Waals surface area contributed by atoms with Gasteiger partial charge in [0, 0.05) is 51.4 Å². The van der Waals surface area contributed by atoms with Crippen molar-refractivity contribution in [1.29, 1.82) is 0 Å². The van der Waals surface area contributed by atoms with Crippen LogP contribution in [0.3, 0.4) is 0 Å². The van der Waals surface area contributed by atoms with Gasteiger partial charge in [-0.25, -0.2) is 0 Å². The summed E-state index contributed by atoms with van der Waals surface area (Å²) < 4.78 is 4.82. The normalized spacial score (nSPS) is 15.3. The molecular weight excluding hydrogens is 296 g/mol. The van der Waals surface area contributed by atoms with Gasteiger partial charge in [0.1, 0.15) is 0 Å². The fourth-order valence-corrected chi connectivity index (χ4v) is 2.61. The first-order valence-corrected chi connectivity index (χ1v) is 7.90. The number of piperidine rings is 1. The van der Waals surface area contributed by atoms with E-state index in [1.807, 2.05) is 12.1 Å². The minimum atomic E-state index is -0.601. The van der Waals surface area contributed by atoms with Gasteiger partial charge in [-0.1, -0.05) is 0 Å². The molecule has 2 amide bonds. The summed E-state index contributed by atoms with van der Waals surface area (Å²) in [4.78, 5) is 29.6. The molecule has 126 valence electrons. The molecule has 1 aromatic heterocycles. The summed E-state index contributed by atoms with van der Waals surface area (Å²) in [5.74, 6) is -0.766. The molecule has 7 nitrogen and oxygen atoms in total. The lowest BCUT2D eigenvalue weighted by atomic mass is 9.96. The van der Waals surface area contributed by atoms with Crippen LogP contribution in [0.4, 0.5) is 5.69 Å². The van der Waals surface area contributed by atoms with Crippen molar-refractivity contribution in [3.8, 4) is 0 Å². The number of aromatic nitrogens is 1. The van der Waals surface area contributed by atoms with Crippen molar-refractivity contribution in [2.24, 2.45) is 5.92 Å². The Hall–Kier alpha value is -2.15. The molecule has 1 aliphatic heterocycles. The fourth-order valence-electron chi connectivity index (χ4n) is 2.61. The van der Waals surface area contributed by atoms with E-state index in [0.717, 1.165) is 25.9 Å². The number of hydrogen-bond donors (Lipinski definition) is 2. The van der Waals surface area contributed by atoms with Crippen molar-refractivity contribution in [2.75, 3.05) is 44.8 Å². The topological polar surface area (TPSA) is 83.6 Å². The van der Waals surface area contributed by atoms with E-state index in [-0.39, 0.29) is 0 Å². The molecule has 7 heteroatoms. The van der Waals surface area contributed by atoms with E-state index in [4.69, 9.17) is 4.74 Å². The number of nitrogens with one attached hydrogen (secondary N) is 2. The van der Waals surface area contributed by atoms with E-state index >= 15 is 0 Å². The van der Waals surface area contributed by atoms with Gasteiger partial charge in [-0.05, 0) is 30.9 Å². The van der Waals surface area contributed by atoms with Crippen molar-refractivity contribution in [1.82, 2.24) is 15.6 Å². The molecule has 0 unspecified atom stereocenters. The van der Waals surface area contributed by atoms with Crippen LogP contribution in [0, 0.1) is 5.92 Å². The number of ether oxygens (including phenoxy) is 1. The van der Waals surface area contributed by atoms with Crippen LogP contribution in [0.5, 0.6) is 0 Å². The first-order valence-electron chi connectivity index (χ1n) is 7.90. The molecule has 1 aromatic rings. The van der Waals surface area contributed by atoms with Crippen LogP contribution in [-0.2, 0) is 14.3 Å². The van der Waals surface area contributed by atoms with E-state index in [0.29, 0.717) is 25.6 Å². The Labute approximate surface area is 136 Å². The zero-order valence-electron chi connectivity index (χ0n) is 13.5. The maximum Gasteiger partial charge on any atom is 0.309 e. The summed E-state index contributed by atoms with van der Waals surface area (Å²) in [5.41, 5.74) is 1.18. The molecule has 0 saturated carbocycles. The molecule has 1 fully saturated rings. The average molecular weight is 320 g/mol. The molecule has 23 heavy (non-hydrogen) atoms. The lowest BCUT2D eigenvalue weighted by Crippen LogP contribution is -2.44. The second-order valence-electron chi connectivity index (χ2n) is 5.59. The molecule has 0 radical (unpaired) electrons. The Bertz CT molecular complexity index is 501. The van der Waals surface area contributed by atoms with Crippen LogP contribution < -0.4 is 15.5 Å². The van der Waals surface area contributed by atoms with E-state index < -0.39 is 11.8 Å². The van der Waals surface area contributed by atoms with E-state index in [1.165, 1.54) is 5.69 Å². The maximum atomic E-state index is 11.7. The van der Waals surface area contributed by atoms with Crippen LogP contribution in [0.2, 0.25) is 0 Å². The second kappa shape index (κ2) is 9.09. The molecule has 1 saturated heterocycles. The van der Waals surface area contributed by atoms with Crippen LogP contribution in [0.15, 0.2) is 24.5 Å². The van der Waals surface area contributed by atoms with E-state index in [9.17, 15) is 9.59 Å². The van der Waals surface area contributed by atoms with E-state index in [2.05, 4.69) is 20.5 Å². The smallest absolute Gasteiger partial charge is 0.309 e. The molecule has 0 atom stereocenters. The van der Waals surface area contributed by atoms with Crippen molar-refractivity contribution >= 4 is 17.5 Å². The molecular formula is C16H24N4O3. The van der Waals surface area contributed by atoms with Crippen LogP contribution in [0.1, 0.15) is 12.8 Å². The van der Waals surface area contributed by atoms with Crippen LogP contribution in [0.25, 0.3) is 0 Å². The monoisotopic (exact) mass is 320 g/mol. The third-order valence-electron chi connectivity index (χ3n) is 3.99. The number of pyridine rings is 1. The standard InChI is InChI=1S/C16H24N4O3/c1-23-11-8-18-15(21)16(22)19-12-13-4-9-20(10-5-13)14-2-6-17-7-3-14/h2-3,6-7,13H,4-5,8-12H2,1H3,(H,18,21)(H,19,22). The summed E-state index contributed by atoms with van der Waals surface area (Å²) >= 11 is 0. The van der Waals surface area contributed by atoms with Crippen LogP contribution in [-0.4, -0.2) is 56.7 Å². The molecule has 0 spiro atoms. The summed E-state index contributed by atoms with van der Waals surface area (Å²) in [6, 6.07) is 4.01. The number of rotatable bonds is 6. The molecule has 0 aliphatic carbocycles. The molecule has 2 heterocycles. The third kappa shape index (κ3) is 5.52. The zero-order chi connectivity index (χ0) is 16.5. The Morgan fingerprint density at radius 1 is 1.22 bits per heavy atom. The first kappa shape index (κ1) is 17.2. The van der Waals surface area contributed by atoms with Gasteiger partial charge in [-0.3, -0.25) is 14.6 Å². The highest BCUT2D eigenvalue weighted by Crippen LogP contribution is 2.22. The van der Waals surface area contributed by atoms with Gasteiger partial charge in [0.25, 0.3) is 0 Å². The lowest BCUT2D eigenvalue weighted by molar-refractivity contribution is -0.139. The van der Waals surface area contributed by atoms with Gasteiger partial charge in [-0.15, -0.1) is 0 Å². The number of methoxy groups -OCH3 is 1. The van der Waals surface area contributed by atoms with Crippen molar-refractivity contribution in [3.63, 3.8) is 0 Å². The number of amides is 2. The highest BCUT2D eigenvalue weighted by atomic mass is 16.5. The molecule has 0 aromatic carbocycles. The Kier molecular flexibility index (Phi) is 6.80. The minimum Gasteiger partial charge on any atom is -0.383 e. The van der Waals surface area contributed by atoms with Crippen molar-refractivity contribution in [3.05, 3.63) is 24.5 Å². The van der Waals surface area contributed by atoms with Gasteiger partial charge >= 0.3 is 11.8 Å². The molecule has 2 rings (SSSR count). The number of nitrogens with zero attached hydrogens (tertiary/aromatic N) is 2. The van der Waals surface area contributed by atoms with Gasteiger partial charge in [0.15, 0.2) is 0 Å². The maximum absolute atomic E-state index is 11.7. The molecule has 2 N–H and O–H groups in total. The Morgan fingerprint density at radius 3 is 2.52 bits per heavy atom. The largest absolute Gasteiger partial charge is 0.383 e. The van der Waals surface area contributed by atoms with Crippen molar-refractivity contribution in [2.45, 2.75) is 12.8 Å². The highest BCUT2D eigenvalue weighted by Gasteiger charge is 2.21. The van der Waals surface area contributed by atoms with Crippen LogP contribution >= 0.6 is 0 Å². The number of carbonyl (C=O) groups is 2. The van der Waals surface area contributed by atoms with Gasteiger partial charge in [-0.2, -0.15) is 0 Å². The quantitative estimate of drug-likeness (QED) is 0.577. The summed E-state index contributed by atoms with van der Waals surface area (Å²) in [6.07, 6.45) is 5.58. The lowest BCUT2D eigenvalue weighted by Gasteiger charge is -2.33. The van der Waals surface area contributed by atoms with Gasteiger partial charge in [0.2, 0.25) is 0 Å². The summed E-state index contributed by atoms with van der Waals surface area (Å²) in [6.45, 7) is 3.18. The average Bonchev–Trinajstić information content (AvgIpc) is 2.61. The molecule has 1 aliphatic rings. The SMILES string of the molecule is COCCNC(=O)C(=O)NCC1CCN(c2ccncc2)CC1. The second-order valence-corrected chi connectivity index (χ2v) is 5.59. The minimum absolute atomic E-state index is 0.340. The van der Waals surface area contributed by atoms with Crippen molar-refractivity contribution < 1.29 is 14.3 Å². The third-order valence-corrected chi connectivity index (χ3v) is 3.99. The number of anilines is 1.